The topological polar surface area (TPSA) is 29.1 Å². The Kier molecular flexibility index (Phi) is 6.19. The maximum absolute atomic E-state index is 10.8. The highest BCUT2D eigenvalue weighted by molar-refractivity contribution is 7.84. The number of hydrogen-bond acceptors (Lipinski definition) is 2. The lowest BCUT2D eigenvalue weighted by Crippen LogP contribution is -2.27. The lowest BCUT2D eigenvalue weighted by Gasteiger charge is -2.06. The van der Waals surface area contributed by atoms with E-state index in [0.29, 0.717) is 6.54 Å². The fourth-order valence-corrected chi connectivity index (χ4v) is 0.896. The summed E-state index contributed by atoms with van der Waals surface area (Å²) >= 11 is 0. The zero-order valence-corrected chi connectivity index (χ0v) is 8.12. The maximum atomic E-state index is 10.8. The van der Waals surface area contributed by atoms with Gasteiger partial charge in [0.1, 0.15) is 0 Å². The van der Waals surface area contributed by atoms with Gasteiger partial charge in [-0.3, -0.25) is 4.21 Å². The first kappa shape index (κ1) is 10.7. The highest BCUT2D eigenvalue weighted by Crippen LogP contribution is 1.88. The van der Waals surface area contributed by atoms with Crippen LogP contribution in [-0.4, -0.2) is 28.8 Å². The first-order valence-corrected chi connectivity index (χ1v) is 5.23. The van der Waals surface area contributed by atoms with Crippen LogP contribution in [0.2, 0.25) is 0 Å². The zero-order chi connectivity index (χ0) is 8.69. The second-order valence-electron chi connectivity index (χ2n) is 2.37. The third-order valence-corrected chi connectivity index (χ3v) is 2.69. The van der Waals surface area contributed by atoms with Crippen LogP contribution in [0.5, 0.6) is 0 Å². The summed E-state index contributed by atoms with van der Waals surface area (Å²) in [5.41, 5.74) is 0. The molecule has 2 nitrogen and oxygen atoms in total. The van der Waals surface area contributed by atoms with E-state index in [0.717, 1.165) is 6.54 Å². The van der Waals surface area contributed by atoms with Gasteiger partial charge in [-0.25, -0.2) is 0 Å². The van der Waals surface area contributed by atoms with Crippen LogP contribution in [-0.2, 0) is 10.8 Å². The predicted molar refractivity (Wildman–Crippen MR) is 49.8 cm³/mol. The minimum absolute atomic E-state index is 0.216. The van der Waals surface area contributed by atoms with Gasteiger partial charge in [-0.15, -0.1) is 5.92 Å². The molecule has 11 heavy (non-hydrogen) atoms. The SMILES string of the molecule is CC#CCNCC(C)S(C)=O. The molecule has 64 valence electrons. The van der Waals surface area contributed by atoms with Gasteiger partial charge in [-0.1, -0.05) is 5.92 Å². The Morgan fingerprint density at radius 1 is 1.64 bits per heavy atom. The lowest BCUT2D eigenvalue weighted by atomic mass is 10.4. The molecule has 0 spiro atoms. The third-order valence-electron chi connectivity index (χ3n) is 1.39. The monoisotopic (exact) mass is 173 g/mol. The van der Waals surface area contributed by atoms with Gasteiger partial charge in [-0.2, -0.15) is 0 Å². The molecular weight excluding hydrogens is 158 g/mol. The van der Waals surface area contributed by atoms with E-state index >= 15 is 0 Å². The Bertz CT molecular complexity index is 180. The van der Waals surface area contributed by atoms with E-state index in [1.54, 1.807) is 6.26 Å². The summed E-state index contributed by atoms with van der Waals surface area (Å²) in [6.45, 7) is 5.24. The highest BCUT2D eigenvalue weighted by atomic mass is 32.2. The Morgan fingerprint density at radius 3 is 2.73 bits per heavy atom. The standard InChI is InChI=1S/C8H15NOS/c1-4-5-6-9-7-8(2)11(3)10/h8-9H,6-7H2,1-3H3. The predicted octanol–water partition coefficient (Wildman–Crippen LogP) is 0.366. The molecule has 0 heterocycles. The molecule has 0 radical (unpaired) electrons. The molecule has 0 rings (SSSR count). The minimum Gasteiger partial charge on any atom is -0.305 e. The molecule has 0 bridgehead atoms. The van der Waals surface area contributed by atoms with Crippen molar-refractivity contribution < 1.29 is 4.21 Å². The van der Waals surface area contributed by atoms with Crippen LogP contribution in [0.1, 0.15) is 13.8 Å². The van der Waals surface area contributed by atoms with E-state index in [1.165, 1.54) is 0 Å². The van der Waals surface area contributed by atoms with Crippen LogP contribution in [0.3, 0.4) is 0 Å². The molecule has 3 heteroatoms. The second-order valence-corrected chi connectivity index (χ2v) is 4.17. The van der Waals surface area contributed by atoms with E-state index < -0.39 is 10.8 Å². The Hall–Kier alpha value is -0.330. The van der Waals surface area contributed by atoms with Crippen molar-refractivity contribution in [1.82, 2.24) is 5.32 Å². The molecule has 0 aliphatic carbocycles. The van der Waals surface area contributed by atoms with Crippen molar-refractivity contribution in [3.8, 4) is 11.8 Å². The molecule has 0 aromatic carbocycles. The van der Waals surface area contributed by atoms with Gasteiger partial charge in [-0.05, 0) is 13.8 Å². The first-order valence-electron chi connectivity index (χ1n) is 3.61. The number of rotatable bonds is 4. The Morgan fingerprint density at radius 2 is 2.27 bits per heavy atom. The molecule has 1 N–H and O–H groups in total. The van der Waals surface area contributed by atoms with Gasteiger partial charge in [0, 0.05) is 28.9 Å². The van der Waals surface area contributed by atoms with E-state index in [9.17, 15) is 4.21 Å². The summed E-state index contributed by atoms with van der Waals surface area (Å²) in [6, 6.07) is 0. The van der Waals surface area contributed by atoms with Gasteiger partial charge in [0.2, 0.25) is 0 Å². The van der Waals surface area contributed by atoms with E-state index in [4.69, 9.17) is 0 Å². The fraction of sp³-hybridized carbons (Fsp3) is 0.750. The first-order chi connectivity index (χ1) is 5.18. The van der Waals surface area contributed by atoms with Crippen molar-refractivity contribution in [3.63, 3.8) is 0 Å². The van der Waals surface area contributed by atoms with Crippen LogP contribution in [0.4, 0.5) is 0 Å². The van der Waals surface area contributed by atoms with Crippen LogP contribution in [0.25, 0.3) is 0 Å². The quantitative estimate of drug-likeness (QED) is 0.491. The number of hydrogen-bond donors (Lipinski definition) is 1. The van der Waals surface area contributed by atoms with Crippen molar-refractivity contribution in [2.75, 3.05) is 19.3 Å². The molecule has 0 saturated carbocycles. The molecule has 0 aliphatic rings. The average molecular weight is 173 g/mol. The van der Waals surface area contributed by atoms with E-state index in [2.05, 4.69) is 17.2 Å². The minimum atomic E-state index is -0.726. The van der Waals surface area contributed by atoms with Gasteiger partial charge in [0.15, 0.2) is 0 Å². The van der Waals surface area contributed by atoms with Crippen LogP contribution in [0.15, 0.2) is 0 Å². The fourth-order valence-electron chi connectivity index (χ4n) is 0.544. The van der Waals surface area contributed by atoms with Crippen molar-refractivity contribution >= 4 is 10.8 Å². The summed E-state index contributed by atoms with van der Waals surface area (Å²) in [5.74, 6) is 5.66. The van der Waals surface area contributed by atoms with E-state index in [-0.39, 0.29) is 5.25 Å². The maximum Gasteiger partial charge on any atom is 0.0576 e. The van der Waals surface area contributed by atoms with Crippen molar-refractivity contribution in [3.05, 3.63) is 0 Å². The van der Waals surface area contributed by atoms with Crippen LogP contribution < -0.4 is 5.32 Å². The van der Waals surface area contributed by atoms with Crippen LogP contribution >= 0.6 is 0 Å². The van der Waals surface area contributed by atoms with Gasteiger partial charge in [0.25, 0.3) is 0 Å². The molecular formula is C8H15NOS. The summed E-state index contributed by atoms with van der Waals surface area (Å²) in [6.07, 6.45) is 1.72. The molecule has 0 saturated heterocycles. The molecule has 0 aromatic heterocycles. The Balaban J connectivity index is 3.36. The average Bonchev–Trinajstić information content (AvgIpc) is 1.97. The summed E-state index contributed by atoms with van der Waals surface area (Å²) in [5, 5.41) is 3.32. The molecule has 2 atom stereocenters. The van der Waals surface area contributed by atoms with Gasteiger partial charge < -0.3 is 5.32 Å². The van der Waals surface area contributed by atoms with Crippen LogP contribution in [0, 0.1) is 11.8 Å². The summed E-state index contributed by atoms with van der Waals surface area (Å²) in [7, 11) is -0.726. The molecule has 0 amide bonds. The summed E-state index contributed by atoms with van der Waals surface area (Å²) < 4.78 is 10.8. The van der Waals surface area contributed by atoms with Crippen molar-refractivity contribution in [2.45, 2.75) is 19.1 Å². The lowest BCUT2D eigenvalue weighted by molar-refractivity contribution is 0.664. The van der Waals surface area contributed by atoms with E-state index in [1.807, 2.05) is 13.8 Å². The molecule has 0 fully saturated rings. The smallest absolute Gasteiger partial charge is 0.0576 e. The normalized spacial score (nSPS) is 14.8. The zero-order valence-electron chi connectivity index (χ0n) is 7.31. The van der Waals surface area contributed by atoms with Crippen molar-refractivity contribution in [1.29, 1.82) is 0 Å². The summed E-state index contributed by atoms with van der Waals surface area (Å²) in [4.78, 5) is 0. The largest absolute Gasteiger partial charge is 0.305 e. The van der Waals surface area contributed by atoms with Crippen molar-refractivity contribution in [2.24, 2.45) is 0 Å². The van der Waals surface area contributed by atoms with Gasteiger partial charge >= 0.3 is 0 Å². The number of nitrogens with one attached hydrogen (secondary N) is 1. The molecule has 2 unspecified atom stereocenters. The third kappa shape index (κ3) is 6.08. The second kappa shape index (κ2) is 6.38. The Labute approximate surface area is 71.2 Å². The molecule has 0 aromatic rings. The molecule has 0 aliphatic heterocycles. The van der Waals surface area contributed by atoms with Gasteiger partial charge in [0.05, 0.1) is 6.54 Å². The highest BCUT2D eigenvalue weighted by Gasteiger charge is 2.03.